The topological polar surface area (TPSA) is 30.7 Å². The van der Waals surface area contributed by atoms with E-state index in [0.717, 1.165) is 33.8 Å². The monoisotopic (exact) mass is 677 g/mol. The van der Waals surface area contributed by atoms with Crippen LogP contribution in [0.2, 0.25) is 0 Å². The molecule has 9 rings (SSSR count). The summed E-state index contributed by atoms with van der Waals surface area (Å²) in [4.78, 5) is 8.89. The Morgan fingerprint density at radius 2 is 0.679 bits per heavy atom. The maximum Gasteiger partial charge on any atom is 0.0550 e. The first kappa shape index (κ1) is 31.9. The van der Waals surface area contributed by atoms with Crippen molar-refractivity contribution in [2.75, 3.05) is 0 Å². The van der Waals surface area contributed by atoms with Crippen molar-refractivity contribution in [1.29, 1.82) is 0 Å². The summed E-state index contributed by atoms with van der Waals surface area (Å²) in [6, 6.07) is 67.2. The minimum Gasteiger partial charge on any atom is -0.309 e. The molecule has 0 saturated carbocycles. The van der Waals surface area contributed by atoms with Gasteiger partial charge in [-0.3, -0.25) is 9.97 Å². The van der Waals surface area contributed by atoms with Gasteiger partial charge in [0.1, 0.15) is 0 Å². The van der Waals surface area contributed by atoms with Crippen molar-refractivity contribution in [2.45, 2.75) is 0 Å². The van der Waals surface area contributed by atoms with Crippen LogP contribution in [0.25, 0.3) is 83.8 Å². The lowest BCUT2D eigenvalue weighted by molar-refractivity contribution is 1.09. The van der Waals surface area contributed by atoms with Crippen LogP contribution in [0.5, 0.6) is 0 Å². The van der Waals surface area contributed by atoms with Crippen molar-refractivity contribution in [2.24, 2.45) is 0 Å². The first-order valence-corrected chi connectivity index (χ1v) is 17.9. The number of pyridine rings is 2. The minimum absolute atomic E-state index is 1.05. The molecule has 0 N–H and O–H groups in total. The highest BCUT2D eigenvalue weighted by molar-refractivity contribution is 6.07. The number of rotatable bonds is 8. The summed E-state index contributed by atoms with van der Waals surface area (Å²) in [5, 5.41) is 0. The predicted molar refractivity (Wildman–Crippen MR) is 219 cm³/mol. The summed E-state index contributed by atoms with van der Waals surface area (Å²) >= 11 is 0. The van der Waals surface area contributed by atoms with E-state index in [9.17, 15) is 0 Å². The number of hydrogen-bond acceptors (Lipinski definition) is 2. The lowest BCUT2D eigenvalue weighted by atomic mass is 9.79. The van der Waals surface area contributed by atoms with Crippen molar-refractivity contribution in [3.05, 3.63) is 213 Å². The number of nitrogens with zero attached hydrogens (tertiary/aromatic N) is 3. The molecule has 53 heavy (non-hydrogen) atoms. The van der Waals surface area contributed by atoms with E-state index in [-0.39, 0.29) is 0 Å². The smallest absolute Gasteiger partial charge is 0.0550 e. The van der Waals surface area contributed by atoms with E-state index in [0.29, 0.717) is 0 Å². The molecule has 0 radical (unpaired) electrons. The highest BCUT2D eigenvalue weighted by Crippen LogP contribution is 2.50. The normalized spacial score (nSPS) is 11.0. The molecule has 3 nitrogen and oxygen atoms in total. The van der Waals surface area contributed by atoms with E-state index in [2.05, 4.69) is 190 Å². The second-order valence-electron chi connectivity index (χ2n) is 13.0. The average Bonchev–Trinajstić information content (AvgIpc) is 3.70. The highest BCUT2D eigenvalue weighted by Gasteiger charge is 2.24. The Labute approximate surface area is 310 Å². The molecular weight excluding hydrogens is 643 g/mol. The Hall–Kier alpha value is -7.10. The van der Waals surface area contributed by atoms with Crippen molar-refractivity contribution >= 4 is 0 Å². The average molecular weight is 678 g/mol. The van der Waals surface area contributed by atoms with Crippen LogP contribution < -0.4 is 0 Å². The lowest BCUT2D eigenvalue weighted by Crippen LogP contribution is -2.01. The lowest BCUT2D eigenvalue weighted by Gasteiger charge is -2.24. The molecule has 3 aromatic heterocycles. The minimum atomic E-state index is 1.05. The van der Waals surface area contributed by atoms with Gasteiger partial charge in [-0.15, -0.1) is 0 Å². The van der Waals surface area contributed by atoms with Crippen LogP contribution in [-0.4, -0.2) is 14.5 Å². The van der Waals surface area contributed by atoms with Crippen LogP contribution >= 0.6 is 0 Å². The molecule has 0 amide bonds. The maximum atomic E-state index is 4.45. The van der Waals surface area contributed by atoms with Crippen LogP contribution in [0.1, 0.15) is 0 Å². The van der Waals surface area contributed by atoms with Crippen LogP contribution in [0, 0.1) is 0 Å². The summed E-state index contributed by atoms with van der Waals surface area (Å²) in [5.74, 6) is 0. The Morgan fingerprint density at radius 1 is 0.302 bits per heavy atom. The van der Waals surface area contributed by atoms with E-state index >= 15 is 0 Å². The zero-order valence-corrected chi connectivity index (χ0v) is 29.0. The molecule has 0 atom stereocenters. The van der Waals surface area contributed by atoms with E-state index in [1.807, 2.05) is 36.9 Å². The number of benzene rings is 6. The van der Waals surface area contributed by atoms with Crippen LogP contribution in [0.4, 0.5) is 0 Å². The summed E-state index contributed by atoms with van der Waals surface area (Å²) in [7, 11) is 0. The largest absolute Gasteiger partial charge is 0.309 e. The third-order valence-electron chi connectivity index (χ3n) is 9.83. The van der Waals surface area contributed by atoms with Gasteiger partial charge in [0.25, 0.3) is 0 Å². The van der Waals surface area contributed by atoms with Gasteiger partial charge < -0.3 is 4.57 Å². The molecule has 6 aromatic carbocycles. The molecule has 0 aliphatic rings. The molecule has 9 aromatic rings. The van der Waals surface area contributed by atoms with E-state index in [1.165, 1.54) is 50.1 Å². The van der Waals surface area contributed by atoms with Crippen LogP contribution in [0.15, 0.2) is 213 Å². The van der Waals surface area contributed by atoms with Gasteiger partial charge >= 0.3 is 0 Å². The van der Waals surface area contributed by atoms with Crippen LogP contribution in [0.3, 0.4) is 0 Å². The maximum absolute atomic E-state index is 4.45. The number of aromatic nitrogens is 3. The van der Waals surface area contributed by atoms with Crippen molar-refractivity contribution < 1.29 is 0 Å². The standard InChI is InChI=1S/C50H35N3/c1-5-15-36(16-6-1)44-33-45(37-17-7-2-8-18-37)49(50(39-21-11-4-12-22-39)48(44)38-19-9-3-10-20-38)40-25-27-43(28-26-40)53-46(41-23-13-31-51-34-41)29-30-47(53)42-24-14-32-52-35-42/h1-35H. The third-order valence-corrected chi connectivity index (χ3v) is 9.83. The Kier molecular flexibility index (Phi) is 8.57. The molecule has 0 bridgehead atoms. The summed E-state index contributed by atoms with van der Waals surface area (Å²) < 4.78 is 2.31. The first-order chi connectivity index (χ1) is 26.3. The second-order valence-corrected chi connectivity index (χ2v) is 13.0. The van der Waals surface area contributed by atoms with Gasteiger partial charge in [-0.2, -0.15) is 0 Å². The van der Waals surface area contributed by atoms with E-state index < -0.39 is 0 Å². The van der Waals surface area contributed by atoms with Gasteiger partial charge in [-0.25, -0.2) is 0 Å². The number of hydrogen-bond donors (Lipinski definition) is 0. The third kappa shape index (κ3) is 6.15. The molecule has 250 valence electrons. The van der Waals surface area contributed by atoms with Crippen LogP contribution in [-0.2, 0) is 0 Å². The molecule has 0 unspecified atom stereocenters. The quantitative estimate of drug-likeness (QED) is 0.160. The van der Waals surface area contributed by atoms with E-state index in [1.54, 1.807) is 0 Å². The molecule has 0 spiro atoms. The SMILES string of the molecule is c1ccc(-c2cc(-c3ccccc3)c(-c3ccc(-n4c(-c5cccnc5)ccc4-c4cccnc4)cc3)c(-c3ccccc3)c2-c2ccccc2)cc1. The molecule has 0 aliphatic heterocycles. The molecule has 3 heteroatoms. The van der Waals surface area contributed by atoms with Crippen molar-refractivity contribution in [3.8, 4) is 83.8 Å². The highest BCUT2D eigenvalue weighted by atomic mass is 15.0. The van der Waals surface area contributed by atoms with Crippen molar-refractivity contribution in [3.63, 3.8) is 0 Å². The zero-order chi connectivity index (χ0) is 35.4. The molecule has 3 heterocycles. The van der Waals surface area contributed by atoms with Gasteiger partial charge in [0.2, 0.25) is 0 Å². The first-order valence-electron chi connectivity index (χ1n) is 17.9. The summed E-state index contributed by atoms with van der Waals surface area (Å²) in [6.07, 6.45) is 7.47. The second kappa shape index (κ2) is 14.3. The Morgan fingerprint density at radius 3 is 1.09 bits per heavy atom. The van der Waals surface area contributed by atoms with Gasteiger partial charge in [0, 0.05) is 41.6 Å². The Balaban J connectivity index is 1.33. The predicted octanol–water partition coefficient (Wildman–Crippen LogP) is 12.9. The van der Waals surface area contributed by atoms with Gasteiger partial charge in [0.15, 0.2) is 0 Å². The fourth-order valence-electron chi connectivity index (χ4n) is 7.44. The summed E-state index contributed by atoms with van der Waals surface area (Å²) in [6.45, 7) is 0. The molecule has 0 fully saturated rings. The molecular formula is C50H35N3. The zero-order valence-electron chi connectivity index (χ0n) is 29.0. The van der Waals surface area contributed by atoms with Crippen molar-refractivity contribution in [1.82, 2.24) is 14.5 Å². The Bertz CT molecular complexity index is 2540. The summed E-state index contributed by atoms with van der Waals surface area (Å²) in [5.41, 5.74) is 17.1. The molecule has 0 saturated heterocycles. The van der Waals surface area contributed by atoms with E-state index in [4.69, 9.17) is 0 Å². The van der Waals surface area contributed by atoms with Gasteiger partial charge in [-0.1, -0.05) is 133 Å². The van der Waals surface area contributed by atoms with Gasteiger partial charge in [0.05, 0.1) is 11.4 Å². The fraction of sp³-hybridized carbons (Fsp3) is 0. The fourth-order valence-corrected chi connectivity index (χ4v) is 7.44. The van der Waals surface area contributed by atoms with Gasteiger partial charge in [-0.05, 0) is 110 Å². The molecule has 0 aliphatic carbocycles.